The lowest BCUT2D eigenvalue weighted by atomic mass is 9.66. The summed E-state index contributed by atoms with van der Waals surface area (Å²) >= 11 is 0. The van der Waals surface area contributed by atoms with Crippen molar-refractivity contribution in [2.24, 2.45) is 16.7 Å². The van der Waals surface area contributed by atoms with Crippen LogP contribution in [0.25, 0.3) is 0 Å². The van der Waals surface area contributed by atoms with E-state index in [1.54, 1.807) is 0 Å². The van der Waals surface area contributed by atoms with Crippen molar-refractivity contribution in [3.05, 3.63) is 0 Å². The summed E-state index contributed by atoms with van der Waals surface area (Å²) in [4.78, 5) is 0. The van der Waals surface area contributed by atoms with Crippen molar-refractivity contribution >= 4 is 11.4 Å². The van der Waals surface area contributed by atoms with E-state index in [-0.39, 0.29) is 10.8 Å². The third-order valence-electron chi connectivity index (χ3n) is 3.24. The van der Waals surface area contributed by atoms with Crippen molar-refractivity contribution in [2.45, 2.75) is 54.9 Å². The number of rotatable bonds is 4. The maximum Gasteiger partial charge on any atom is 0.0201 e. The van der Waals surface area contributed by atoms with Crippen LogP contribution in [0.15, 0.2) is 0 Å². The molecule has 2 nitrogen and oxygen atoms in total. The summed E-state index contributed by atoms with van der Waals surface area (Å²) in [5.74, 6) is 0.349. The molecule has 0 amide bonds. The van der Waals surface area contributed by atoms with Crippen LogP contribution in [0.1, 0.15) is 54.9 Å². The fraction of sp³-hybridized carbons (Fsp3) is 0.846. The van der Waals surface area contributed by atoms with Crippen molar-refractivity contribution in [2.75, 3.05) is 0 Å². The van der Waals surface area contributed by atoms with Gasteiger partial charge in [-0.25, -0.2) is 0 Å². The molecule has 0 aromatic rings. The third-order valence-corrected chi connectivity index (χ3v) is 3.24. The number of hydrogen-bond acceptors (Lipinski definition) is 2. The predicted octanol–water partition coefficient (Wildman–Crippen LogP) is 4.14. The molecule has 0 aromatic heterocycles. The van der Waals surface area contributed by atoms with E-state index in [4.69, 9.17) is 10.8 Å². The number of nitrogens with one attached hydrogen (secondary N) is 2. The van der Waals surface area contributed by atoms with Crippen molar-refractivity contribution in [1.82, 2.24) is 0 Å². The first-order valence-corrected chi connectivity index (χ1v) is 5.63. The van der Waals surface area contributed by atoms with Crippen LogP contribution in [0.2, 0.25) is 0 Å². The normalized spacial score (nSPS) is 14.9. The van der Waals surface area contributed by atoms with Gasteiger partial charge >= 0.3 is 0 Å². The van der Waals surface area contributed by atoms with Crippen molar-refractivity contribution in [1.29, 1.82) is 10.8 Å². The predicted molar refractivity (Wildman–Crippen MR) is 68.1 cm³/mol. The van der Waals surface area contributed by atoms with E-state index in [0.717, 1.165) is 12.1 Å². The van der Waals surface area contributed by atoms with Gasteiger partial charge in [-0.1, -0.05) is 41.5 Å². The van der Waals surface area contributed by atoms with E-state index in [1.165, 1.54) is 0 Å². The molecule has 0 aliphatic heterocycles. The van der Waals surface area contributed by atoms with Crippen molar-refractivity contribution < 1.29 is 0 Å². The zero-order valence-electron chi connectivity index (χ0n) is 11.3. The molecule has 0 aromatic carbocycles. The zero-order valence-corrected chi connectivity index (χ0v) is 11.3. The van der Waals surface area contributed by atoms with Crippen LogP contribution in [0.3, 0.4) is 0 Å². The van der Waals surface area contributed by atoms with Gasteiger partial charge in [-0.3, -0.25) is 0 Å². The van der Waals surface area contributed by atoms with Gasteiger partial charge in [-0.15, -0.1) is 0 Å². The Kier molecular flexibility index (Phi) is 4.26. The van der Waals surface area contributed by atoms with Gasteiger partial charge in [-0.2, -0.15) is 0 Å². The monoisotopic (exact) mass is 210 g/mol. The largest absolute Gasteiger partial charge is 0.310 e. The fourth-order valence-corrected chi connectivity index (χ4v) is 1.93. The third kappa shape index (κ3) is 3.77. The highest BCUT2D eigenvalue weighted by Gasteiger charge is 2.36. The van der Waals surface area contributed by atoms with Gasteiger partial charge in [-0.05, 0) is 19.3 Å². The highest BCUT2D eigenvalue weighted by Crippen LogP contribution is 2.37. The SMILES string of the molecule is CC(=N)CC(C)C(C)(C)C(=N)C(C)(C)C. The first kappa shape index (κ1) is 14.3. The van der Waals surface area contributed by atoms with E-state index in [9.17, 15) is 0 Å². The molecule has 2 N–H and O–H groups in total. The lowest BCUT2D eigenvalue weighted by Gasteiger charge is -2.38. The van der Waals surface area contributed by atoms with Crippen molar-refractivity contribution in [3.8, 4) is 0 Å². The summed E-state index contributed by atoms with van der Waals surface area (Å²) in [6, 6.07) is 0. The topological polar surface area (TPSA) is 47.7 Å². The molecule has 0 spiro atoms. The molecular formula is C13H26N2. The minimum Gasteiger partial charge on any atom is -0.310 e. The Morgan fingerprint density at radius 3 is 1.73 bits per heavy atom. The van der Waals surface area contributed by atoms with Gasteiger partial charge in [0.15, 0.2) is 0 Å². The number of hydrogen-bond donors (Lipinski definition) is 2. The second-order valence-electron chi connectivity index (χ2n) is 6.23. The molecule has 2 heteroatoms. The van der Waals surface area contributed by atoms with Crippen LogP contribution in [0, 0.1) is 27.6 Å². The summed E-state index contributed by atoms with van der Waals surface area (Å²) in [6.07, 6.45) is 0.783. The lowest BCUT2D eigenvalue weighted by Crippen LogP contribution is -2.39. The fourth-order valence-electron chi connectivity index (χ4n) is 1.93. The Morgan fingerprint density at radius 2 is 1.47 bits per heavy atom. The van der Waals surface area contributed by atoms with Crippen LogP contribution in [0.4, 0.5) is 0 Å². The quantitative estimate of drug-likeness (QED) is 0.655. The maximum absolute atomic E-state index is 8.25. The zero-order chi connectivity index (χ0) is 12.4. The molecule has 1 atom stereocenters. The van der Waals surface area contributed by atoms with Crippen LogP contribution >= 0.6 is 0 Å². The van der Waals surface area contributed by atoms with Gasteiger partial charge in [0.25, 0.3) is 0 Å². The molecule has 0 radical (unpaired) electrons. The Balaban J connectivity index is 4.81. The van der Waals surface area contributed by atoms with Gasteiger partial charge in [0, 0.05) is 22.3 Å². The summed E-state index contributed by atoms with van der Waals surface area (Å²) in [7, 11) is 0. The van der Waals surface area contributed by atoms with E-state index in [2.05, 4.69) is 41.5 Å². The Bertz CT molecular complexity index is 256. The molecule has 15 heavy (non-hydrogen) atoms. The molecule has 0 aliphatic rings. The molecule has 0 saturated heterocycles. The van der Waals surface area contributed by atoms with E-state index in [0.29, 0.717) is 11.6 Å². The Morgan fingerprint density at radius 1 is 1.07 bits per heavy atom. The minimum absolute atomic E-state index is 0.0757. The second kappa shape index (κ2) is 4.46. The Hall–Kier alpha value is -0.660. The summed E-state index contributed by atoms with van der Waals surface area (Å²) in [6.45, 7) is 14.5. The minimum atomic E-state index is -0.124. The van der Waals surface area contributed by atoms with Crippen LogP contribution in [0.5, 0.6) is 0 Å². The molecule has 88 valence electrons. The summed E-state index contributed by atoms with van der Waals surface area (Å²) < 4.78 is 0. The van der Waals surface area contributed by atoms with Crippen LogP contribution in [-0.4, -0.2) is 11.4 Å². The first-order chi connectivity index (χ1) is 6.49. The van der Waals surface area contributed by atoms with Crippen LogP contribution in [-0.2, 0) is 0 Å². The lowest BCUT2D eigenvalue weighted by molar-refractivity contribution is 0.315. The van der Waals surface area contributed by atoms with Crippen LogP contribution < -0.4 is 0 Å². The van der Waals surface area contributed by atoms with E-state index < -0.39 is 0 Å². The smallest absolute Gasteiger partial charge is 0.0201 e. The molecule has 0 bridgehead atoms. The molecule has 0 heterocycles. The maximum atomic E-state index is 8.25. The summed E-state index contributed by atoms with van der Waals surface area (Å²) in [5.41, 5.74) is 1.29. The van der Waals surface area contributed by atoms with Gasteiger partial charge < -0.3 is 10.8 Å². The second-order valence-corrected chi connectivity index (χ2v) is 6.23. The van der Waals surface area contributed by atoms with Gasteiger partial charge in [0.1, 0.15) is 0 Å². The molecule has 1 unspecified atom stereocenters. The standard InChI is InChI=1S/C13H26N2/c1-9(8-10(2)14)13(6,7)11(15)12(3,4)5/h9,14-15H,8H2,1-7H3. The molecule has 0 aliphatic carbocycles. The molecular weight excluding hydrogens is 184 g/mol. The Labute approximate surface area is 94.5 Å². The molecule has 0 rings (SSSR count). The van der Waals surface area contributed by atoms with Gasteiger partial charge in [0.05, 0.1) is 0 Å². The highest BCUT2D eigenvalue weighted by molar-refractivity contribution is 5.92. The highest BCUT2D eigenvalue weighted by atomic mass is 14.6. The average Bonchev–Trinajstić information content (AvgIpc) is 1.99. The van der Waals surface area contributed by atoms with Crippen molar-refractivity contribution in [3.63, 3.8) is 0 Å². The van der Waals surface area contributed by atoms with E-state index in [1.807, 2.05) is 6.92 Å². The molecule has 0 fully saturated rings. The first-order valence-electron chi connectivity index (χ1n) is 5.63. The molecule has 0 saturated carbocycles. The van der Waals surface area contributed by atoms with Gasteiger partial charge in [0.2, 0.25) is 0 Å². The summed E-state index contributed by atoms with van der Waals surface area (Å²) in [5, 5.41) is 15.8. The average molecular weight is 210 g/mol. The van der Waals surface area contributed by atoms with E-state index >= 15 is 0 Å².